The molecule has 0 aliphatic carbocycles. The van der Waals surface area contributed by atoms with Crippen LogP contribution in [0.4, 0.5) is 0 Å². The predicted octanol–water partition coefficient (Wildman–Crippen LogP) is 2.54. The maximum Gasteiger partial charge on any atom is 0.174 e. The third kappa shape index (κ3) is 3.74. The molecule has 0 aliphatic heterocycles. The Labute approximate surface area is 118 Å². The van der Waals surface area contributed by atoms with Crippen LogP contribution in [0.3, 0.4) is 0 Å². The van der Waals surface area contributed by atoms with E-state index < -0.39 is 0 Å². The van der Waals surface area contributed by atoms with Crippen molar-refractivity contribution < 1.29 is 14.0 Å². The van der Waals surface area contributed by atoms with Gasteiger partial charge in [-0.1, -0.05) is 18.1 Å². The Morgan fingerprint density at radius 3 is 2.80 bits per heavy atom. The van der Waals surface area contributed by atoms with Crippen LogP contribution in [0.5, 0.6) is 11.5 Å². The van der Waals surface area contributed by atoms with Gasteiger partial charge in [-0.2, -0.15) is 0 Å². The molecule has 0 fully saturated rings. The molecule has 0 saturated carbocycles. The molecule has 1 aromatic carbocycles. The van der Waals surface area contributed by atoms with E-state index >= 15 is 0 Å². The second kappa shape index (κ2) is 6.96. The zero-order valence-electron chi connectivity index (χ0n) is 11.8. The van der Waals surface area contributed by atoms with E-state index in [4.69, 9.17) is 19.7 Å². The van der Waals surface area contributed by atoms with Gasteiger partial charge in [-0.15, -0.1) is 0 Å². The van der Waals surface area contributed by atoms with E-state index in [1.54, 1.807) is 19.4 Å². The van der Waals surface area contributed by atoms with E-state index in [1.165, 1.54) is 0 Å². The number of methoxy groups -OCH3 is 1. The van der Waals surface area contributed by atoms with Crippen molar-refractivity contribution in [1.82, 2.24) is 5.16 Å². The lowest BCUT2D eigenvalue weighted by atomic mass is 10.0. The molecule has 5 heteroatoms. The molecule has 1 heterocycles. The molecule has 1 unspecified atom stereocenters. The summed E-state index contributed by atoms with van der Waals surface area (Å²) >= 11 is 0. The Kier molecular flexibility index (Phi) is 5.01. The lowest BCUT2D eigenvalue weighted by Gasteiger charge is -2.13. The van der Waals surface area contributed by atoms with Crippen molar-refractivity contribution in [2.24, 2.45) is 5.73 Å². The van der Waals surface area contributed by atoms with Crippen LogP contribution >= 0.6 is 0 Å². The summed E-state index contributed by atoms with van der Waals surface area (Å²) in [6.45, 7) is 2.40. The molecule has 1 atom stereocenters. The van der Waals surface area contributed by atoms with Crippen LogP contribution in [-0.2, 0) is 13.0 Å². The lowest BCUT2D eigenvalue weighted by Crippen LogP contribution is -2.21. The number of nitrogens with zero attached hydrogens (tertiary/aromatic N) is 1. The van der Waals surface area contributed by atoms with Crippen molar-refractivity contribution in [3.05, 3.63) is 41.8 Å². The van der Waals surface area contributed by atoms with E-state index in [0.717, 1.165) is 18.4 Å². The molecular formula is C15H20N2O3. The average Bonchev–Trinajstić information content (AvgIpc) is 2.98. The molecule has 5 nitrogen and oxygen atoms in total. The van der Waals surface area contributed by atoms with E-state index in [9.17, 15) is 0 Å². The van der Waals surface area contributed by atoms with E-state index in [2.05, 4.69) is 12.1 Å². The molecule has 0 radical (unpaired) electrons. The lowest BCUT2D eigenvalue weighted by molar-refractivity contribution is 0.239. The first-order valence-electron chi connectivity index (χ1n) is 6.67. The quantitative estimate of drug-likeness (QED) is 0.841. The van der Waals surface area contributed by atoms with E-state index in [-0.39, 0.29) is 6.04 Å². The fourth-order valence-electron chi connectivity index (χ4n) is 1.87. The van der Waals surface area contributed by atoms with Gasteiger partial charge in [-0.25, -0.2) is 0 Å². The van der Waals surface area contributed by atoms with Crippen molar-refractivity contribution >= 4 is 0 Å². The summed E-state index contributed by atoms with van der Waals surface area (Å²) < 4.78 is 16.0. The van der Waals surface area contributed by atoms with Gasteiger partial charge in [0, 0.05) is 12.1 Å². The van der Waals surface area contributed by atoms with Crippen LogP contribution in [0.1, 0.15) is 24.7 Å². The number of hydrogen-bond acceptors (Lipinski definition) is 5. The van der Waals surface area contributed by atoms with Gasteiger partial charge in [0.05, 0.1) is 13.3 Å². The Hall–Kier alpha value is -2.01. The zero-order chi connectivity index (χ0) is 14.4. The Morgan fingerprint density at radius 2 is 2.15 bits per heavy atom. The Bertz CT molecular complexity index is 526. The largest absolute Gasteiger partial charge is 0.493 e. The highest BCUT2D eigenvalue weighted by Crippen LogP contribution is 2.29. The molecule has 20 heavy (non-hydrogen) atoms. The number of hydrogen-bond donors (Lipinski definition) is 1. The highest BCUT2D eigenvalue weighted by Gasteiger charge is 2.09. The molecule has 1 aromatic heterocycles. The monoisotopic (exact) mass is 276 g/mol. The topological polar surface area (TPSA) is 70.5 Å². The van der Waals surface area contributed by atoms with E-state index in [1.807, 2.05) is 18.2 Å². The summed E-state index contributed by atoms with van der Waals surface area (Å²) in [6.07, 6.45) is 3.35. The Morgan fingerprint density at radius 1 is 1.30 bits per heavy atom. The standard InChI is InChI=1S/C15H20N2O3/c1-3-12(16)8-11-4-5-14(18-2)15(9-11)19-10-13-6-7-17-20-13/h4-7,9,12H,3,8,10,16H2,1-2H3. The van der Waals surface area contributed by atoms with Gasteiger partial charge in [0.1, 0.15) is 6.61 Å². The van der Waals surface area contributed by atoms with Crippen molar-refractivity contribution in [1.29, 1.82) is 0 Å². The molecule has 0 saturated heterocycles. The second-order valence-electron chi connectivity index (χ2n) is 4.63. The van der Waals surface area contributed by atoms with Gasteiger partial charge in [0.25, 0.3) is 0 Å². The zero-order valence-corrected chi connectivity index (χ0v) is 11.8. The normalized spacial score (nSPS) is 12.2. The molecule has 0 spiro atoms. The maximum atomic E-state index is 5.98. The van der Waals surface area contributed by atoms with Gasteiger partial charge < -0.3 is 19.7 Å². The summed E-state index contributed by atoms with van der Waals surface area (Å²) in [6, 6.07) is 7.79. The first-order valence-corrected chi connectivity index (χ1v) is 6.67. The van der Waals surface area contributed by atoms with Gasteiger partial charge >= 0.3 is 0 Å². The molecule has 0 bridgehead atoms. The van der Waals surface area contributed by atoms with Crippen molar-refractivity contribution in [3.8, 4) is 11.5 Å². The van der Waals surface area contributed by atoms with Gasteiger partial charge in [0.15, 0.2) is 17.3 Å². The molecule has 2 aromatic rings. The first-order chi connectivity index (χ1) is 9.72. The van der Waals surface area contributed by atoms with Crippen molar-refractivity contribution in [3.63, 3.8) is 0 Å². The number of ether oxygens (including phenoxy) is 2. The molecule has 2 rings (SSSR count). The minimum Gasteiger partial charge on any atom is -0.493 e. The van der Waals surface area contributed by atoms with Gasteiger partial charge in [-0.05, 0) is 30.5 Å². The summed E-state index contributed by atoms with van der Waals surface area (Å²) in [5.74, 6) is 2.05. The second-order valence-corrected chi connectivity index (χ2v) is 4.63. The van der Waals surface area contributed by atoms with Crippen LogP contribution in [0, 0.1) is 0 Å². The van der Waals surface area contributed by atoms with Crippen LogP contribution < -0.4 is 15.2 Å². The number of aromatic nitrogens is 1. The molecule has 108 valence electrons. The summed E-state index contributed by atoms with van der Waals surface area (Å²) in [4.78, 5) is 0. The predicted molar refractivity (Wildman–Crippen MR) is 75.8 cm³/mol. The summed E-state index contributed by atoms with van der Waals surface area (Å²) in [5, 5.41) is 3.64. The first kappa shape index (κ1) is 14.4. The third-order valence-corrected chi connectivity index (χ3v) is 3.11. The highest BCUT2D eigenvalue weighted by atomic mass is 16.5. The van der Waals surface area contributed by atoms with Crippen molar-refractivity contribution in [2.45, 2.75) is 32.4 Å². The minimum absolute atomic E-state index is 0.158. The number of benzene rings is 1. The molecular weight excluding hydrogens is 256 g/mol. The van der Waals surface area contributed by atoms with Crippen LogP contribution in [0.15, 0.2) is 35.0 Å². The SMILES string of the molecule is CCC(N)Cc1ccc(OC)c(OCc2ccno2)c1. The number of nitrogens with two attached hydrogens (primary N) is 1. The van der Waals surface area contributed by atoms with E-state index in [0.29, 0.717) is 23.9 Å². The average molecular weight is 276 g/mol. The van der Waals surface area contributed by atoms with Crippen LogP contribution in [-0.4, -0.2) is 18.3 Å². The Balaban J connectivity index is 2.09. The highest BCUT2D eigenvalue weighted by molar-refractivity contribution is 5.43. The fourth-order valence-corrected chi connectivity index (χ4v) is 1.87. The molecule has 0 aliphatic rings. The van der Waals surface area contributed by atoms with Crippen LogP contribution in [0.25, 0.3) is 0 Å². The fraction of sp³-hybridized carbons (Fsp3) is 0.400. The van der Waals surface area contributed by atoms with Crippen LogP contribution in [0.2, 0.25) is 0 Å². The van der Waals surface area contributed by atoms with Crippen molar-refractivity contribution in [2.75, 3.05) is 7.11 Å². The maximum absolute atomic E-state index is 5.98. The summed E-state index contributed by atoms with van der Waals surface area (Å²) in [5.41, 5.74) is 7.11. The number of rotatable bonds is 7. The molecule has 2 N–H and O–H groups in total. The van der Waals surface area contributed by atoms with Gasteiger partial charge in [0.2, 0.25) is 0 Å². The molecule has 0 amide bonds. The third-order valence-electron chi connectivity index (χ3n) is 3.11. The smallest absolute Gasteiger partial charge is 0.174 e. The summed E-state index contributed by atoms with van der Waals surface area (Å²) in [7, 11) is 1.62. The minimum atomic E-state index is 0.158. The van der Waals surface area contributed by atoms with Gasteiger partial charge in [-0.3, -0.25) is 0 Å².